The first-order chi connectivity index (χ1) is 13.2. The molecule has 2 aliphatic heterocycles. The Hall–Kier alpha value is -2.76. The molecule has 0 N–H and O–H groups in total. The standard InChI is InChI=1S/C21H22FN3O2/c22-19-12-18(7-6-16(19)14-26)25-10-4-5-15-11-17(13-23-20(15)25)21(27)24-8-2-1-3-9-24/h6-7,11-14H,1-5,8-10H2. The summed E-state index contributed by atoms with van der Waals surface area (Å²) < 4.78 is 14.0. The van der Waals surface area contributed by atoms with Gasteiger partial charge in [-0.2, -0.15) is 0 Å². The molecular weight excluding hydrogens is 345 g/mol. The molecule has 0 atom stereocenters. The Morgan fingerprint density at radius 3 is 2.63 bits per heavy atom. The topological polar surface area (TPSA) is 53.5 Å². The first kappa shape index (κ1) is 17.6. The van der Waals surface area contributed by atoms with E-state index in [1.54, 1.807) is 12.3 Å². The Balaban J connectivity index is 1.62. The van der Waals surface area contributed by atoms with Gasteiger partial charge in [0.15, 0.2) is 6.29 Å². The van der Waals surface area contributed by atoms with Crippen LogP contribution in [0.15, 0.2) is 30.5 Å². The van der Waals surface area contributed by atoms with Gasteiger partial charge < -0.3 is 9.80 Å². The quantitative estimate of drug-likeness (QED) is 0.776. The third-order valence-electron chi connectivity index (χ3n) is 5.34. The number of carbonyl (C=O) groups is 2. The Bertz CT molecular complexity index is 878. The minimum atomic E-state index is -0.536. The highest BCUT2D eigenvalue weighted by atomic mass is 19.1. The van der Waals surface area contributed by atoms with Gasteiger partial charge in [0.1, 0.15) is 11.6 Å². The van der Waals surface area contributed by atoms with Crippen molar-refractivity contribution in [2.75, 3.05) is 24.5 Å². The van der Waals surface area contributed by atoms with E-state index in [9.17, 15) is 14.0 Å². The fourth-order valence-corrected chi connectivity index (χ4v) is 3.89. The Morgan fingerprint density at radius 2 is 1.89 bits per heavy atom. The maximum Gasteiger partial charge on any atom is 0.255 e. The molecule has 0 spiro atoms. The van der Waals surface area contributed by atoms with Gasteiger partial charge in [-0.1, -0.05) is 0 Å². The summed E-state index contributed by atoms with van der Waals surface area (Å²) >= 11 is 0. The molecule has 1 saturated heterocycles. The molecule has 1 amide bonds. The summed E-state index contributed by atoms with van der Waals surface area (Å²) in [7, 11) is 0. The Kier molecular flexibility index (Phi) is 4.88. The maximum atomic E-state index is 14.0. The third kappa shape index (κ3) is 3.44. The summed E-state index contributed by atoms with van der Waals surface area (Å²) in [4.78, 5) is 32.0. The maximum absolute atomic E-state index is 14.0. The molecule has 0 saturated carbocycles. The summed E-state index contributed by atoms with van der Waals surface area (Å²) in [6, 6.07) is 6.52. The lowest BCUT2D eigenvalue weighted by atomic mass is 10.0. The number of anilines is 2. The summed E-state index contributed by atoms with van der Waals surface area (Å²) in [5.74, 6) is 0.268. The lowest BCUT2D eigenvalue weighted by Crippen LogP contribution is -2.36. The number of benzene rings is 1. The van der Waals surface area contributed by atoms with Gasteiger partial charge in [0.05, 0.1) is 11.1 Å². The second-order valence-corrected chi connectivity index (χ2v) is 7.14. The van der Waals surface area contributed by atoms with E-state index >= 15 is 0 Å². The number of amides is 1. The molecule has 1 aromatic carbocycles. The number of halogens is 1. The van der Waals surface area contributed by atoms with Gasteiger partial charge in [-0.3, -0.25) is 9.59 Å². The molecular formula is C21H22FN3O2. The highest BCUT2D eigenvalue weighted by Gasteiger charge is 2.24. The predicted octanol–water partition coefficient (Wildman–Crippen LogP) is 3.74. The van der Waals surface area contributed by atoms with Crippen LogP contribution in [-0.2, 0) is 6.42 Å². The van der Waals surface area contributed by atoms with E-state index < -0.39 is 5.82 Å². The third-order valence-corrected chi connectivity index (χ3v) is 5.34. The van der Waals surface area contributed by atoms with Crippen molar-refractivity contribution in [3.05, 3.63) is 53.0 Å². The van der Waals surface area contributed by atoms with Crippen molar-refractivity contribution in [2.24, 2.45) is 0 Å². The van der Waals surface area contributed by atoms with Gasteiger partial charge in [-0.15, -0.1) is 0 Å². The molecule has 1 fully saturated rings. The molecule has 3 heterocycles. The predicted molar refractivity (Wildman–Crippen MR) is 101 cm³/mol. The lowest BCUT2D eigenvalue weighted by molar-refractivity contribution is 0.0723. The number of carbonyl (C=O) groups excluding carboxylic acids is 2. The van der Waals surface area contributed by atoms with Crippen molar-refractivity contribution >= 4 is 23.7 Å². The van der Waals surface area contributed by atoms with E-state index in [-0.39, 0.29) is 11.5 Å². The van der Waals surface area contributed by atoms with E-state index in [1.807, 2.05) is 15.9 Å². The Morgan fingerprint density at radius 1 is 1.07 bits per heavy atom. The van der Waals surface area contributed by atoms with Crippen LogP contribution in [0.1, 0.15) is 52.0 Å². The van der Waals surface area contributed by atoms with E-state index in [1.165, 1.54) is 18.6 Å². The lowest BCUT2D eigenvalue weighted by Gasteiger charge is -2.31. The van der Waals surface area contributed by atoms with Crippen molar-refractivity contribution < 1.29 is 14.0 Å². The summed E-state index contributed by atoms with van der Waals surface area (Å²) in [5.41, 5.74) is 2.34. The average Bonchev–Trinajstić information content (AvgIpc) is 2.73. The molecule has 6 heteroatoms. The van der Waals surface area contributed by atoms with Crippen molar-refractivity contribution in [2.45, 2.75) is 32.1 Å². The fourth-order valence-electron chi connectivity index (χ4n) is 3.89. The second-order valence-electron chi connectivity index (χ2n) is 7.14. The number of aromatic nitrogens is 1. The summed E-state index contributed by atoms with van der Waals surface area (Å²) in [6.45, 7) is 2.34. The van der Waals surface area contributed by atoms with E-state index in [0.29, 0.717) is 17.5 Å². The van der Waals surface area contributed by atoms with Gasteiger partial charge in [-0.25, -0.2) is 9.37 Å². The highest BCUT2D eigenvalue weighted by Crippen LogP contribution is 2.33. The molecule has 0 bridgehead atoms. The van der Waals surface area contributed by atoms with Crippen LogP contribution in [0.2, 0.25) is 0 Å². The number of nitrogens with zero attached hydrogens (tertiary/aromatic N) is 3. The number of piperidine rings is 1. The molecule has 2 aromatic rings. The van der Waals surface area contributed by atoms with Crippen LogP contribution < -0.4 is 4.90 Å². The van der Waals surface area contributed by atoms with Crippen LogP contribution in [0.25, 0.3) is 0 Å². The zero-order chi connectivity index (χ0) is 18.8. The van der Waals surface area contributed by atoms with Gasteiger partial charge in [-0.05, 0) is 61.9 Å². The molecule has 0 aliphatic carbocycles. The molecule has 27 heavy (non-hydrogen) atoms. The first-order valence-corrected chi connectivity index (χ1v) is 9.48. The van der Waals surface area contributed by atoms with Crippen molar-refractivity contribution in [3.63, 3.8) is 0 Å². The fraction of sp³-hybridized carbons (Fsp3) is 0.381. The number of aryl methyl sites for hydroxylation is 1. The summed E-state index contributed by atoms with van der Waals surface area (Å²) in [5, 5.41) is 0. The second kappa shape index (κ2) is 7.47. The minimum Gasteiger partial charge on any atom is -0.339 e. The van der Waals surface area contributed by atoms with Gasteiger partial charge in [0.2, 0.25) is 0 Å². The van der Waals surface area contributed by atoms with Crippen LogP contribution in [0.5, 0.6) is 0 Å². The SMILES string of the molecule is O=Cc1ccc(N2CCCc3cc(C(=O)N4CCCCC4)cnc32)cc1F. The van der Waals surface area contributed by atoms with E-state index in [4.69, 9.17) is 0 Å². The molecule has 0 radical (unpaired) electrons. The molecule has 1 aromatic heterocycles. The number of fused-ring (bicyclic) bond motifs is 1. The number of rotatable bonds is 3. The normalized spacial score (nSPS) is 16.8. The molecule has 4 rings (SSSR count). The number of hydrogen-bond donors (Lipinski definition) is 0. The molecule has 140 valence electrons. The monoisotopic (exact) mass is 367 g/mol. The Labute approximate surface area is 157 Å². The van der Waals surface area contributed by atoms with E-state index in [0.717, 1.165) is 56.7 Å². The van der Waals surface area contributed by atoms with Crippen LogP contribution in [-0.4, -0.2) is 41.7 Å². The van der Waals surface area contributed by atoms with Crippen molar-refractivity contribution in [1.82, 2.24) is 9.88 Å². The largest absolute Gasteiger partial charge is 0.339 e. The number of aldehydes is 1. The van der Waals surface area contributed by atoms with Gasteiger partial charge in [0.25, 0.3) is 5.91 Å². The summed E-state index contributed by atoms with van der Waals surface area (Å²) in [6.07, 6.45) is 7.17. The zero-order valence-corrected chi connectivity index (χ0v) is 15.2. The van der Waals surface area contributed by atoms with Crippen LogP contribution in [0.3, 0.4) is 0 Å². The first-order valence-electron chi connectivity index (χ1n) is 9.48. The van der Waals surface area contributed by atoms with Gasteiger partial charge in [0, 0.05) is 31.5 Å². The highest BCUT2D eigenvalue weighted by molar-refractivity contribution is 5.94. The van der Waals surface area contributed by atoms with Crippen LogP contribution >= 0.6 is 0 Å². The average molecular weight is 367 g/mol. The number of pyridine rings is 1. The minimum absolute atomic E-state index is 0.0449. The smallest absolute Gasteiger partial charge is 0.255 e. The number of hydrogen-bond acceptors (Lipinski definition) is 4. The van der Waals surface area contributed by atoms with Crippen LogP contribution in [0, 0.1) is 5.82 Å². The molecule has 2 aliphatic rings. The van der Waals surface area contributed by atoms with E-state index in [2.05, 4.69) is 4.98 Å². The van der Waals surface area contributed by atoms with Crippen molar-refractivity contribution in [3.8, 4) is 0 Å². The molecule has 5 nitrogen and oxygen atoms in total. The van der Waals surface area contributed by atoms with Crippen molar-refractivity contribution in [1.29, 1.82) is 0 Å². The van der Waals surface area contributed by atoms with Crippen LogP contribution in [0.4, 0.5) is 15.9 Å². The molecule has 0 unspecified atom stereocenters. The zero-order valence-electron chi connectivity index (χ0n) is 15.2. The number of likely N-dealkylation sites (tertiary alicyclic amines) is 1. The van der Waals surface area contributed by atoms with Gasteiger partial charge >= 0.3 is 0 Å².